The highest BCUT2D eigenvalue weighted by Crippen LogP contribution is 2.22. The van der Waals surface area contributed by atoms with Crippen LogP contribution in [0.5, 0.6) is 0 Å². The van der Waals surface area contributed by atoms with Crippen molar-refractivity contribution < 1.29 is 20.1 Å². The summed E-state index contributed by atoms with van der Waals surface area (Å²) in [7, 11) is -4.22. The van der Waals surface area contributed by atoms with Gasteiger partial charge in [0.1, 0.15) is 0 Å². The fourth-order valence-electron chi connectivity index (χ4n) is 0.305. The molecule has 0 aliphatic heterocycles. The molecule has 0 aromatic carbocycles. The van der Waals surface area contributed by atoms with Gasteiger partial charge in [0.15, 0.2) is 0 Å². The van der Waals surface area contributed by atoms with Gasteiger partial charge in [-0.25, -0.2) is 0 Å². The summed E-state index contributed by atoms with van der Waals surface area (Å²) in [6, 6.07) is 0. The smallest absolute Gasteiger partial charge is 0.0743 e. The van der Waals surface area contributed by atoms with Gasteiger partial charge in [-0.3, -0.25) is 0 Å². The van der Waals surface area contributed by atoms with E-state index in [1.54, 1.807) is 0 Å². The normalized spacial score (nSPS) is 11.9. The molecule has 0 aromatic heterocycles. The van der Waals surface area contributed by atoms with Gasteiger partial charge < -0.3 is 20.1 Å². The Morgan fingerprint density at radius 3 is 2.12 bits per heavy atom. The Bertz CT molecular complexity index is 98.7. The van der Waals surface area contributed by atoms with E-state index in [0.29, 0.717) is 13.0 Å². The molecule has 0 aliphatic rings. The molecule has 0 saturated carbocycles. The Labute approximate surface area is 47.9 Å². The molecular weight excluding hydrogens is 129 g/mol. The monoisotopic (exact) mass is 138 g/mol. The largest absolute Gasteiger partial charge is 0.811 e. The average molecular weight is 138 g/mol. The van der Waals surface area contributed by atoms with E-state index >= 15 is 0 Å². The molecule has 0 unspecified atom stereocenters. The van der Waals surface area contributed by atoms with Crippen molar-refractivity contribution in [3.63, 3.8) is 0 Å². The lowest BCUT2D eigenvalue weighted by Crippen LogP contribution is -2.50. The van der Waals surface area contributed by atoms with Crippen LogP contribution in [-0.2, 0) is 4.57 Å². The SMILES string of the molecule is [NH3+]CCCP(=O)([O-])[O-]. The second-order valence-corrected chi connectivity index (χ2v) is 3.21. The lowest BCUT2D eigenvalue weighted by Gasteiger charge is -2.28. The molecule has 0 heterocycles. The minimum Gasteiger partial charge on any atom is -0.811 e. The Kier molecular flexibility index (Phi) is 3.24. The predicted molar refractivity (Wildman–Crippen MR) is 24.8 cm³/mol. The van der Waals surface area contributed by atoms with Crippen LogP contribution in [0.25, 0.3) is 0 Å². The van der Waals surface area contributed by atoms with Gasteiger partial charge in [-0.05, 0) is 6.16 Å². The standard InChI is InChI=1S/C3H10NO3P/c4-2-1-3-8(5,6)7/h1-4H2,(H2,5,6,7)/p-1. The van der Waals surface area contributed by atoms with E-state index in [2.05, 4.69) is 5.73 Å². The maximum atomic E-state index is 9.83. The first-order valence-electron chi connectivity index (χ1n) is 2.36. The molecule has 50 valence electrons. The van der Waals surface area contributed by atoms with Crippen molar-refractivity contribution in [2.24, 2.45) is 0 Å². The van der Waals surface area contributed by atoms with E-state index in [0.717, 1.165) is 0 Å². The van der Waals surface area contributed by atoms with Crippen molar-refractivity contribution in [1.82, 2.24) is 0 Å². The van der Waals surface area contributed by atoms with Gasteiger partial charge >= 0.3 is 0 Å². The molecule has 0 bridgehead atoms. The third kappa shape index (κ3) is 6.11. The Morgan fingerprint density at radius 2 is 2.00 bits per heavy atom. The fourth-order valence-corrected chi connectivity index (χ4v) is 0.916. The van der Waals surface area contributed by atoms with Gasteiger partial charge in [-0.15, -0.1) is 0 Å². The van der Waals surface area contributed by atoms with E-state index in [4.69, 9.17) is 0 Å². The molecule has 0 radical (unpaired) electrons. The molecule has 4 nitrogen and oxygen atoms in total. The van der Waals surface area contributed by atoms with Crippen molar-refractivity contribution in [1.29, 1.82) is 0 Å². The summed E-state index contributed by atoms with van der Waals surface area (Å²) in [5.74, 6) is 0. The zero-order valence-corrected chi connectivity index (χ0v) is 5.39. The van der Waals surface area contributed by atoms with Gasteiger partial charge in [0.05, 0.1) is 6.54 Å². The zero-order chi connectivity index (χ0) is 6.62. The van der Waals surface area contributed by atoms with Crippen LogP contribution < -0.4 is 15.5 Å². The summed E-state index contributed by atoms with van der Waals surface area (Å²) in [6.07, 6.45) is 0.126. The topological polar surface area (TPSA) is 90.8 Å². The van der Waals surface area contributed by atoms with Crippen LogP contribution in [0.2, 0.25) is 0 Å². The molecule has 0 saturated heterocycles. The van der Waals surface area contributed by atoms with Crippen LogP contribution in [0.1, 0.15) is 6.42 Å². The van der Waals surface area contributed by atoms with E-state index in [9.17, 15) is 14.4 Å². The Hall–Kier alpha value is 0.110. The summed E-state index contributed by atoms with van der Waals surface area (Å²) in [5, 5.41) is 0. The predicted octanol–water partition coefficient (Wildman–Crippen LogP) is -2.47. The van der Waals surface area contributed by atoms with Crippen LogP contribution in [-0.4, -0.2) is 12.7 Å². The molecule has 0 spiro atoms. The number of hydrogen-bond acceptors (Lipinski definition) is 3. The fraction of sp³-hybridized carbons (Fsp3) is 1.00. The minimum absolute atomic E-state index is 0.253. The molecule has 0 atom stereocenters. The van der Waals surface area contributed by atoms with Gasteiger partial charge in [0.2, 0.25) is 0 Å². The van der Waals surface area contributed by atoms with Crippen LogP contribution in [0.3, 0.4) is 0 Å². The lowest BCUT2D eigenvalue weighted by atomic mass is 10.5. The quantitative estimate of drug-likeness (QED) is 0.438. The van der Waals surface area contributed by atoms with Crippen molar-refractivity contribution in [2.45, 2.75) is 6.42 Å². The summed E-state index contributed by atoms with van der Waals surface area (Å²) in [5.41, 5.74) is 3.39. The third-order valence-corrected chi connectivity index (χ3v) is 1.55. The minimum atomic E-state index is -4.22. The number of rotatable bonds is 3. The molecule has 0 fully saturated rings. The molecule has 0 aliphatic carbocycles. The zero-order valence-electron chi connectivity index (χ0n) is 4.50. The van der Waals surface area contributed by atoms with Gasteiger partial charge in [0.25, 0.3) is 0 Å². The second-order valence-electron chi connectivity index (χ2n) is 1.54. The summed E-state index contributed by atoms with van der Waals surface area (Å²) < 4.78 is 9.83. The highest BCUT2D eigenvalue weighted by molar-refractivity contribution is 7.48. The molecule has 0 rings (SSSR count). The van der Waals surface area contributed by atoms with Gasteiger partial charge in [0, 0.05) is 6.42 Å². The van der Waals surface area contributed by atoms with Crippen molar-refractivity contribution in [2.75, 3.05) is 12.7 Å². The molecule has 3 N–H and O–H groups in total. The van der Waals surface area contributed by atoms with Crippen LogP contribution >= 0.6 is 7.60 Å². The molecule has 5 heteroatoms. The van der Waals surface area contributed by atoms with Crippen molar-refractivity contribution in [3.8, 4) is 0 Å². The van der Waals surface area contributed by atoms with E-state index in [-0.39, 0.29) is 6.16 Å². The van der Waals surface area contributed by atoms with E-state index < -0.39 is 7.60 Å². The first-order valence-corrected chi connectivity index (χ1v) is 4.09. The average Bonchev–Trinajstić information content (AvgIpc) is 1.59. The summed E-state index contributed by atoms with van der Waals surface area (Å²) in [6.45, 7) is 0.508. The molecular formula is C3H9NO3P-. The maximum Gasteiger partial charge on any atom is 0.0743 e. The Morgan fingerprint density at radius 1 is 1.50 bits per heavy atom. The lowest BCUT2D eigenvalue weighted by molar-refractivity contribution is -0.369. The highest BCUT2D eigenvalue weighted by Gasteiger charge is 1.88. The Balaban J connectivity index is 3.26. The highest BCUT2D eigenvalue weighted by atomic mass is 31.2. The third-order valence-electron chi connectivity index (χ3n) is 0.682. The summed E-state index contributed by atoms with van der Waals surface area (Å²) >= 11 is 0. The van der Waals surface area contributed by atoms with E-state index in [1.807, 2.05) is 0 Å². The van der Waals surface area contributed by atoms with Crippen molar-refractivity contribution in [3.05, 3.63) is 0 Å². The first kappa shape index (κ1) is 8.11. The molecule has 0 aromatic rings. The molecule has 0 amide bonds. The van der Waals surface area contributed by atoms with Crippen LogP contribution in [0.15, 0.2) is 0 Å². The van der Waals surface area contributed by atoms with Gasteiger partial charge in [-0.1, -0.05) is 7.60 Å². The van der Waals surface area contributed by atoms with Crippen LogP contribution in [0, 0.1) is 0 Å². The van der Waals surface area contributed by atoms with Crippen molar-refractivity contribution >= 4 is 7.60 Å². The van der Waals surface area contributed by atoms with Crippen LogP contribution in [0.4, 0.5) is 0 Å². The maximum absolute atomic E-state index is 9.83. The summed E-state index contributed by atoms with van der Waals surface area (Å²) in [4.78, 5) is 19.7. The number of hydrogen-bond donors (Lipinski definition) is 1. The number of quaternary nitrogens is 1. The first-order chi connectivity index (χ1) is 3.56. The molecule has 8 heavy (non-hydrogen) atoms. The van der Waals surface area contributed by atoms with E-state index in [1.165, 1.54) is 0 Å². The second kappa shape index (κ2) is 3.20. The van der Waals surface area contributed by atoms with Gasteiger partial charge in [-0.2, -0.15) is 0 Å².